The Kier molecular flexibility index (Phi) is 5.76. The molecule has 26 heavy (non-hydrogen) atoms. The third-order valence-electron chi connectivity index (χ3n) is 3.61. The van der Waals surface area contributed by atoms with E-state index in [9.17, 15) is 9.59 Å². The van der Waals surface area contributed by atoms with Gasteiger partial charge in [0.1, 0.15) is 0 Å². The molecule has 2 aromatic heterocycles. The minimum atomic E-state index is -0.553. The molecule has 0 atom stereocenters. The number of hydrogen-bond donors (Lipinski definition) is 0. The van der Waals surface area contributed by atoms with Crippen LogP contribution in [0, 0.1) is 6.92 Å². The molecule has 0 amide bonds. The van der Waals surface area contributed by atoms with Crippen molar-refractivity contribution < 1.29 is 14.3 Å². The average Bonchev–Trinajstić information content (AvgIpc) is 3.28. The molecule has 0 N–H and O–H groups in total. The van der Waals surface area contributed by atoms with Gasteiger partial charge in [-0.25, -0.2) is 4.79 Å². The highest BCUT2D eigenvalue weighted by molar-refractivity contribution is 7.14. The Bertz CT molecular complexity index is 925. The summed E-state index contributed by atoms with van der Waals surface area (Å²) in [5.74, 6) is -0.747. The molecule has 0 aliphatic rings. The molecule has 0 aliphatic heterocycles. The summed E-state index contributed by atoms with van der Waals surface area (Å²) in [6, 6.07) is 13.6. The van der Waals surface area contributed by atoms with E-state index in [-0.39, 0.29) is 12.4 Å². The Morgan fingerprint density at radius 1 is 1.19 bits per heavy atom. The van der Waals surface area contributed by atoms with E-state index in [0.29, 0.717) is 11.4 Å². The molecule has 3 rings (SSSR count). The van der Waals surface area contributed by atoms with E-state index in [2.05, 4.69) is 5.10 Å². The lowest BCUT2D eigenvalue weighted by molar-refractivity contribution is -0.136. The maximum atomic E-state index is 11.9. The molecule has 0 radical (unpaired) electrons. The zero-order chi connectivity index (χ0) is 18.4. The quantitative estimate of drug-likeness (QED) is 0.363. The van der Waals surface area contributed by atoms with Gasteiger partial charge in [-0.3, -0.25) is 9.48 Å². The van der Waals surface area contributed by atoms with Crippen molar-refractivity contribution in [3.05, 3.63) is 81.8 Å². The summed E-state index contributed by atoms with van der Waals surface area (Å²) in [5, 5.41) is 4.27. The highest BCUT2D eigenvalue weighted by Crippen LogP contribution is 2.15. The van der Waals surface area contributed by atoms with Crippen LogP contribution in [0.4, 0.5) is 0 Å². The number of benzene rings is 1. The number of aromatic nitrogens is 2. The first-order valence-electron chi connectivity index (χ1n) is 8.11. The van der Waals surface area contributed by atoms with E-state index in [1.165, 1.54) is 17.4 Å². The molecule has 6 heteroatoms. The normalized spacial score (nSPS) is 11.0. The first-order chi connectivity index (χ1) is 12.6. The van der Waals surface area contributed by atoms with Crippen molar-refractivity contribution in [3.8, 4) is 0 Å². The number of carbonyl (C=O) groups is 2. The summed E-state index contributed by atoms with van der Waals surface area (Å²) in [7, 11) is 0. The summed E-state index contributed by atoms with van der Waals surface area (Å²) in [6.07, 6.45) is 6.44. The Labute approximate surface area is 155 Å². The van der Waals surface area contributed by atoms with Crippen molar-refractivity contribution in [1.82, 2.24) is 9.78 Å². The van der Waals surface area contributed by atoms with Gasteiger partial charge in [-0.05, 0) is 30.7 Å². The summed E-state index contributed by atoms with van der Waals surface area (Å²) in [6.45, 7) is 2.33. The fraction of sp³-hybridized carbons (Fsp3) is 0.150. The topological polar surface area (TPSA) is 61.2 Å². The van der Waals surface area contributed by atoms with Gasteiger partial charge in [0.2, 0.25) is 5.78 Å². The number of nitrogens with zero attached hydrogens (tertiary/aromatic N) is 2. The van der Waals surface area contributed by atoms with Crippen LogP contribution in [-0.2, 0) is 16.1 Å². The molecule has 0 saturated carbocycles. The number of esters is 1. The van der Waals surface area contributed by atoms with Crippen LogP contribution in [0.3, 0.4) is 0 Å². The number of thiophene rings is 1. The van der Waals surface area contributed by atoms with Gasteiger partial charge >= 0.3 is 5.97 Å². The molecule has 3 aromatic rings. The van der Waals surface area contributed by atoms with E-state index in [4.69, 9.17) is 4.74 Å². The van der Waals surface area contributed by atoms with Crippen LogP contribution in [-0.4, -0.2) is 28.1 Å². The van der Waals surface area contributed by atoms with Crippen LogP contribution in [0.15, 0.2) is 60.9 Å². The monoisotopic (exact) mass is 366 g/mol. The van der Waals surface area contributed by atoms with Gasteiger partial charge in [-0.2, -0.15) is 5.10 Å². The summed E-state index contributed by atoms with van der Waals surface area (Å²) < 4.78 is 6.79. The number of aryl methyl sites for hydroxylation is 1. The highest BCUT2D eigenvalue weighted by Gasteiger charge is 2.10. The number of rotatable bonds is 7. The van der Waals surface area contributed by atoms with Gasteiger partial charge in [0.25, 0.3) is 0 Å². The first kappa shape index (κ1) is 17.8. The molecule has 0 spiro atoms. The molecule has 132 valence electrons. The number of Topliss-reactive ketones (excluding diaryl/α,β-unsaturated/α-hetero) is 1. The molecule has 0 bridgehead atoms. The second-order valence-electron chi connectivity index (χ2n) is 5.73. The number of carbonyl (C=O) groups excluding carboxylic acids is 2. The summed E-state index contributed by atoms with van der Waals surface area (Å²) in [4.78, 5) is 25.3. The predicted molar refractivity (Wildman–Crippen MR) is 101 cm³/mol. The molecule has 0 unspecified atom stereocenters. The van der Waals surface area contributed by atoms with Crippen LogP contribution in [0.1, 0.15) is 25.7 Å². The minimum absolute atomic E-state index is 0.194. The van der Waals surface area contributed by atoms with E-state index in [0.717, 1.165) is 16.0 Å². The second-order valence-corrected chi connectivity index (χ2v) is 7.02. The third kappa shape index (κ3) is 5.00. The van der Waals surface area contributed by atoms with Crippen LogP contribution in [0.5, 0.6) is 0 Å². The van der Waals surface area contributed by atoms with E-state index in [1.807, 2.05) is 49.5 Å². The van der Waals surface area contributed by atoms with Gasteiger partial charge in [0.05, 0.1) is 17.6 Å². The second kappa shape index (κ2) is 8.40. The average molecular weight is 366 g/mol. The first-order valence-corrected chi connectivity index (χ1v) is 8.92. The minimum Gasteiger partial charge on any atom is -0.454 e. The van der Waals surface area contributed by atoms with Gasteiger partial charge in [0.15, 0.2) is 6.61 Å². The zero-order valence-corrected chi connectivity index (χ0v) is 15.1. The van der Waals surface area contributed by atoms with Crippen molar-refractivity contribution in [1.29, 1.82) is 0 Å². The number of hydrogen-bond acceptors (Lipinski definition) is 5. The van der Waals surface area contributed by atoms with Crippen molar-refractivity contribution in [3.63, 3.8) is 0 Å². The molecule has 0 fully saturated rings. The third-order valence-corrected chi connectivity index (χ3v) is 4.65. The zero-order valence-electron chi connectivity index (χ0n) is 14.3. The van der Waals surface area contributed by atoms with E-state index >= 15 is 0 Å². The lowest BCUT2D eigenvalue weighted by atomic mass is 10.2. The van der Waals surface area contributed by atoms with Gasteiger partial charge in [-0.1, -0.05) is 30.3 Å². The Balaban J connectivity index is 1.50. The Morgan fingerprint density at radius 2 is 2.00 bits per heavy atom. The molecule has 0 saturated heterocycles. The van der Waals surface area contributed by atoms with Crippen LogP contribution < -0.4 is 0 Å². The molecule has 5 nitrogen and oxygen atoms in total. The smallest absolute Gasteiger partial charge is 0.331 e. The van der Waals surface area contributed by atoms with Crippen molar-refractivity contribution >= 4 is 29.2 Å². The van der Waals surface area contributed by atoms with Gasteiger partial charge in [0, 0.05) is 22.7 Å². The fourth-order valence-electron chi connectivity index (χ4n) is 2.33. The van der Waals surface area contributed by atoms with Crippen LogP contribution in [0.25, 0.3) is 6.08 Å². The van der Waals surface area contributed by atoms with Crippen molar-refractivity contribution in [2.45, 2.75) is 13.5 Å². The standard InChI is InChI=1S/C20H18N2O3S/c1-15-7-9-19(26-15)18(23)14-25-20(24)10-8-17-11-21-22(13-17)12-16-5-3-2-4-6-16/h2-11,13H,12,14H2,1H3/b10-8+. The summed E-state index contributed by atoms with van der Waals surface area (Å²) in [5.41, 5.74) is 1.94. The molecule has 1 aromatic carbocycles. The van der Waals surface area contributed by atoms with Crippen molar-refractivity contribution in [2.24, 2.45) is 0 Å². The van der Waals surface area contributed by atoms with E-state index < -0.39 is 5.97 Å². The van der Waals surface area contributed by atoms with Crippen LogP contribution >= 0.6 is 11.3 Å². The number of ether oxygens (including phenoxy) is 1. The molecule has 0 aliphatic carbocycles. The van der Waals surface area contributed by atoms with Crippen LogP contribution in [0.2, 0.25) is 0 Å². The molecule has 2 heterocycles. The largest absolute Gasteiger partial charge is 0.454 e. The lowest BCUT2D eigenvalue weighted by Gasteiger charge is -2.00. The highest BCUT2D eigenvalue weighted by atomic mass is 32.1. The van der Waals surface area contributed by atoms with Gasteiger partial charge < -0.3 is 4.74 Å². The molecular formula is C20H18N2O3S. The Morgan fingerprint density at radius 3 is 2.73 bits per heavy atom. The number of ketones is 1. The van der Waals surface area contributed by atoms with E-state index in [1.54, 1.807) is 23.0 Å². The Hall–Kier alpha value is -2.99. The maximum Gasteiger partial charge on any atom is 0.331 e. The SMILES string of the molecule is Cc1ccc(C(=O)COC(=O)/C=C/c2cnn(Cc3ccccc3)c2)s1. The summed E-state index contributed by atoms with van der Waals surface area (Å²) >= 11 is 1.39. The lowest BCUT2D eigenvalue weighted by Crippen LogP contribution is -2.11. The van der Waals surface area contributed by atoms with Crippen molar-refractivity contribution in [2.75, 3.05) is 6.61 Å². The molecular weight excluding hydrogens is 348 g/mol. The maximum absolute atomic E-state index is 11.9. The van der Waals surface area contributed by atoms with Gasteiger partial charge in [-0.15, -0.1) is 11.3 Å². The fourth-order valence-corrected chi connectivity index (χ4v) is 3.12. The predicted octanol–water partition coefficient (Wildman–Crippen LogP) is 3.74.